The number of piperidine rings is 1. The van der Waals surface area contributed by atoms with Gasteiger partial charge in [-0.2, -0.15) is 5.26 Å². The van der Waals surface area contributed by atoms with Crippen LogP contribution in [0.4, 0.5) is 11.6 Å². The zero-order valence-electron chi connectivity index (χ0n) is 17.3. The van der Waals surface area contributed by atoms with Gasteiger partial charge in [0.1, 0.15) is 0 Å². The molecule has 0 N–H and O–H groups in total. The fourth-order valence-electron chi connectivity index (χ4n) is 3.45. The molecule has 1 fully saturated rings. The smallest absolute Gasteiger partial charge is 0.309 e. The third kappa shape index (κ3) is 5.92. The number of carbonyl (C=O) groups excluding carboxylic acids is 2. The number of rotatable bonds is 7. The number of nitrogens with zero attached hydrogens (tertiary/aromatic N) is 5. The Morgan fingerprint density at radius 3 is 2.65 bits per heavy atom. The molecule has 2 aromatic rings. The number of ether oxygens (including phenoxy) is 1. The minimum atomic E-state index is -0.380. The highest BCUT2D eigenvalue weighted by atomic mass is 35.5. The number of aromatic nitrogens is 2. The Balaban J connectivity index is 1.54. The molecule has 8 nitrogen and oxygen atoms in total. The minimum Gasteiger partial charge on any atom is -0.455 e. The molecule has 1 aromatic carbocycles. The second-order valence-corrected chi connectivity index (χ2v) is 7.71. The molecule has 1 aliphatic rings. The van der Waals surface area contributed by atoms with Crippen LogP contribution in [0.25, 0.3) is 0 Å². The van der Waals surface area contributed by atoms with Crippen LogP contribution in [-0.2, 0) is 14.3 Å². The van der Waals surface area contributed by atoms with Crippen molar-refractivity contribution in [3.05, 3.63) is 47.2 Å². The Bertz CT molecular complexity index is 955. The molecule has 0 aliphatic carbocycles. The average molecular weight is 442 g/mol. The summed E-state index contributed by atoms with van der Waals surface area (Å²) < 4.78 is 5.33. The van der Waals surface area contributed by atoms with Gasteiger partial charge < -0.3 is 14.5 Å². The summed E-state index contributed by atoms with van der Waals surface area (Å²) >= 11 is 6.07. The van der Waals surface area contributed by atoms with Crippen LogP contribution in [0.2, 0.25) is 5.02 Å². The first-order chi connectivity index (χ1) is 15.0. The van der Waals surface area contributed by atoms with Crippen LogP contribution in [0.5, 0.6) is 0 Å². The van der Waals surface area contributed by atoms with E-state index in [1.165, 1.54) is 4.90 Å². The van der Waals surface area contributed by atoms with Gasteiger partial charge in [-0.25, -0.2) is 9.97 Å². The highest BCUT2D eigenvalue weighted by Gasteiger charge is 2.28. The molecular weight excluding hydrogens is 418 g/mol. The van der Waals surface area contributed by atoms with Crippen molar-refractivity contribution in [1.29, 1.82) is 5.26 Å². The van der Waals surface area contributed by atoms with Crippen LogP contribution in [0.3, 0.4) is 0 Å². The summed E-state index contributed by atoms with van der Waals surface area (Å²) in [5.41, 5.74) is 1.44. The van der Waals surface area contributed by atoms with Crippen molar-refractivity contribution < 1.29 is 14.3 Å². The second kappa shape index (κ2) is 10.7. The summed E-state index contributed by atoms with van der Waals surface area (Å²) in [5, 5.41) is 9.52. The number of halogens is 1. The van der Waals surface area contributed by atoms with Crippen molar-refractivity contribution in [2.75, 3.05) is 36.0 Å². The number of benzene rings is 1. The number of amides is 1. The van der Waals surface area contributed by atoms with Crippen LogP contribution < -0.4 is 9.80 Å². The Labute approximate surface area is 186 Å². The van der Waals surface area contributed by atoms with Crippen LogP contribution in [-0.4, -0.2) is 48.1 Å². The van der Waals surface area contributed by atoms with Gasteiger partial charge >= 0.3 is 5.97 Å². The molecule has 1 amide bonds. The number of nitriles is 1. The van der Waals surface area contributed by atoms with E-state index in [0.717, 1.165) is 5.56 Å². The SMILES string of the molecule is Cc1cc(N(CCC#N)C(=O)COC(=O)C2CCN(c3ncccn3)CC2)ccc1Cl. The molecule has 3 rings (SSSR count). The normalized spacial score (nSPS) is 14.0. The standard InChI is InChI=1S/C22H24ClN5O3/c1-16-14-18(4-5-19(16)23)28(11-2-8-24)20(29)15-31-21(30)17-6-12-27(13-7-17)22-25-9-3-10-26-22/h3-5,9-10,14,17H,2,6-7,11-13,15H2,1H3. The predicted molar refractivity (Wildman–Crippen MR) is 117 cm³/mol. The van der Waals surface area contributed by atoms with Crippen molar-refractivity contribution in [3.8, 4) is 6.07 Å². The third-order valence-corrected chi connectivity index (χ3v) is 5.63. The topological polar surface area (TPSA) is 99.4 Å². The largest absolute Gasteiger partial charge is 0.455 e. The zero-order valence-corrected chi connectivity index (χ0v) is 18.1. The lowest BCUT2D eigenvalue weighted by molar-refractivity contribution is -0.152. The fourth-order valence-corrected chi connectivity index (χ4v) is 3.57. The van der Waals surface area contributed by atoms with E-state index >= 15 is 0 Å². The van der Waals surface area contributed by atoms with E-state index in [1.54, 1.807) is 36.7 Å². The van der Waals surface area contributed by atoms with Gasteiger partial charge in [-0.1, -0.05) is 11.6 Å². The number of carbonyl (C=O) groups is 2. The van der Waals surface area contributed by atoms with E-state index in [4.69, 9.17) is 21.6 Å². The van der Waals surface area contributed by atoms with Gasteiger partial charge in [-0.3, -0.25) is 9.59 Å². The van der Waals surface area contributed by atoms with Crippen LogP contribution >= 0.6 is 11.6 Å². The molecule has 1 saturated heterocycles. The minimum absolute atomic E-state index is 0.168. The first-order valence-corrected chi connectivity index (χ1v) is 10.5. The van der Waals surface area contributed by atoms with Crippen LogP contribution in [0.15, 0.2) is 36.7 Å². The lowest BCUT2D eigenvalue weighted by Crippen LogP contribution is -2.39. The van der Waals surface area contributed by atoms with Gasteiger partial charge in [0.15, 0.2) is 6.61 Å². The summed E-state index contributed by atoms with van der Waals surface area (Å²) in [6, 6.07) is 9.00. The summed E-state index contributed by atoms with van der Waals surface area (Å²) in [7, 11) is 0. The van der Waals surface area contributed by atoms with Gasteiger partial charge in [-0.05, 0) is 49.6 Å². The molecule has 0 bridgehead atoms. The molecule has 162 valence electrons. The molecule has 0 atom stereocenters. The molecule has 2 heterocycles. The molecular formula is C22H24ClN5O3. The van der Waals surface area contributed by atoms with Gasteiger partial charge in [0.25, 0.3) is 5.91 Å². The van der Waals surface area contributed by atoms with Gasteiger partial charge in [0, 0.05) is 42.7 Å². The Morgan fingerprint density at radius 1 is 1.29 bits per heavy atom. The van der Waals surface area contributed by atoms with Gasteiger partial charge in [0.2, 0.25) is 5.95 Å². The van der Waals surface area contributed by atoms with E-state index in [9.17, 15) is 9.59 Å². The highest BCUT2D eigenvalue weighted by molar-refractivity contribution is 6.31. The van der Waals surface area contributed by atoms with Crippen molar-refractivity contribution >= 4 is 35.1 Å². The summed E-state index contributed by atoms with van der Waals surface area (Å²) in [4.78, 5) is 37.2. The molecule has 0 saturated carbocycles. The lowest BCUT2D eigenvalue weighted by Gasteiger charge is -2.30. The Kier molecular flexibility index (Phi) is 7.79. The molecule has 1 aliphatic heterocycles. The monoisotopic (exact) mass is 441 g/mol. The number of hydrogen-bond donors (Lipinski definition) is 0. The number of aryl methyl sites for hydroxylation is 1. The third-order valence-electron chi connectivity index (χ3n) is 5.20. The highest BCUT2D eigenvalue weighted by Crippen LogP contribution is 2.24. The Hall–Kier alpha value is -3.18. The quantitative estimate of drug-likeness (QED) is 0.608. The molecule has 1 aromatic heterocycles. The molecule has 9 heteroatoms. The van der Waals surface area contributed by atoms with Crippen molar-refractivity contribution in [3.63, 3.8) is 0 Å². The molecule has 0 radical (unpaired) electrons. The zero-order chi connectivity index (χ0) is 22.2. The van der Waals surface area contributed by atoms with E-state index < -0.39 is 0 Å². The Morgan fingerprint density at radius 2 is 2.00 bits per heavy atom. The summed E-state index contributed by atoms with van der Waals surface area (Å²) in [6.07, 6.45) is 4.77. The number of anilines is 2. The molecule has 0 spiro atoms. The maximum atomic E-state index is 12.8. The van der Waals surface area contributed by atoms with E-state index in [2.05, 4.69) is 9.97 Å². The summed E-state index contributed by atoms with van der Waals surface area (Å²) in [6.45, 7) is 2.98. The van der Waals surface area contributed by atoms with E-state index in [-0.39, 0.29) is 37.4 Å². The van der Waals surface area contributed by atoms with E-state index in [1.807, 2.05) is 17.9 Å². The summed E-state index contributed by atoms with van der Waals surface area (Å²) in [5.74, 6) is -0.371. The van der Waals surface area contributed by atoms with E-state index in [0.29, 0.717) is 42.6 Å². The lowest BCUT2D eigenvalue weighted by atomic mass is 9.97. The average Bonchev–Trinajstić information content (AvgIpc) is 2.80. The first kappa shape index (κ1) is 22.5. The first-order valence-electron chi connectivity index (χ1n) is 10.1. The molecule has 0 unspecified atom stereocenters. The number of esters is 1. The van der Waals surface area contributed by atoms with Crippen LogP contribution in [0, 0.1) is 24.2 Å². The maximum Gasteiger partial charge on any atom is 0.309 e. The van der Waals surface area contributed by atoms with Crippen molar-refractivity contribution in [1.82, 2.24) is 9.97 Å². The van der Waals surface area contributed by atoms with Crippen molar-refractivity contribution in [2.24, 2.45) is 5.92 Å². The van der Waals surface area contributed by atoms with Crippen LogP contribution in [0.1, 0.15) is 24.8 Å². The second-order valence-electron chi connectivity index (χ2n) is 7.30. The van der Waals surface area contributed by atoms with Crippen molar-refractivity contribution in [2.45, 2.75) is 26.2 Å². The van der Waals surface area contributed by atoms with Gasteiger partial charge in [0.05, 0.1) is 18.4 Å². The fraction of sp³-hybridized carbons (Fsp3) is 0.409. The number of hydrogen-bond acceptors (Lipinski definition) is 7. The maximum absolute atomic E-state index is 12.8. The van der Waals surface area contributed by atoms with Gasteiger partial charge in [-0.15, -0.1) is 0 Å². The predicted octanol–water partition coefficient (Wildman–Crippen LogP) is 3.14. The molecule has 31 heavy (non-hydrogen) atoms.